The van der Waals surface area contributed by atoms with Crippen LogP contribution in [0.3, 0.4) is 0 Å². The standard InChI is InChI=1S/C15H20N2O/c1-10(2)13-9-17-8-11(3)16-15(17)7-14(13)18-12-5-4-6-12/h7-10,12H,4-6H2,1-3H3. The maximum absolute atomic E-state index is 6.11. The summed E-state index contributed by atoms with van der Waals surface area (Å²) in [5.41, 5.74) is 3.29. The van der Waals surface area contributed by atoms with Crippen molar-refractivity contribution in [3.63, 3.8) is 0 Å². The number of ether oxygens (including phenoxy) is 1. The average Bonchev–Trinajstić information content (AvgIpc) is 2.61. The molecule has 1 fully saturated rings. The second kappa shape index (κ2) is 4.30. The van der Waals surface area contributed by atoms with Gasteiger partial charge in [-0.25, -0.2) is 4.98 Å². The summed E-state index contributed by atoms with van der Waals surface area (Å²) < 4.78 is 8.20. The Hall–Kier alpha value is -1.51. The smallest absolute Gasteiger partial charge is 0.140 e. The summed E-state index contributed by atoms with van der Waals surface area (Å²) in [5.74, 6) is 1.49. The van der Waals surface area contributed by atoms with Gasteiger partial charge in [-0.1, -0.05) is 13.8 Å². The summed E-state index contributed by atoms with van der Waals surface area (Å²) in [6.07, 6.45) is 8.32. The predicted molar refractivity (Wildman–Crippen MR) is 72.3 cm³/mol. The Morgan fingerprint density at radius 1 is 1.33 bits per heavy atom. The van der Waals surface area contributed by atoms with Crippen LogP contribution >= 0.6 is 0 Å². The minimum absolute atomic E-state index is 0.418. The average molecular weight is 244 g/mol. The minimum Gasteiger partial charge on any atom is -0.490 e. The summed E-state index contributed by atoms with van der Waals surface area (Å²) in [5, 5.41) is 0. The van der Waals surface area contributed by atoms with Crippen molar-refractivity contribution in [1.29, 1.82) is 0 Å². The highest BCUT2D eigenvalue weighted by atomic mass is 16.5. The van der Waals surface area contributed by atoms with Gasteiger partial charge in [-0.15, -0.1) is 0 Å². The van der Waals surface area contributed by atoms with Gasteiger partial charge in [0.2, 0.25) is 0 Å². The fourth-order valence-electron chi connectivity index (χ4n) is 2.36. The van der Waals surface area contributed by atoms with E-state index in [0.29, 0.717) is 12.0 Å². The van der Waals surface area contributed by atoms with Crippen LogP contribution in [0.2, 0.25) is 0 Å². The molecule has 0 amide bonds. The molecule has 0 spiro atoms. The first kappa shape index (κ1) is 11.6. The summed E-state index contributed by atoms with van der Waals surface area (Å²) in [4.78, 5) is 4.51. The number of imidazole rings is 1. The molecule has 0 radical (unpaired) electrons. The van der Waals surface area contributed by atoms with Gasteiger partial charge in [-0.3, -0.25) is 0 Å². The van der Waals surface area contributed by atoms with Crippen LogP contribution in [0, 0.1) is 6.92 Å². The Morgan fingerprint density at radius 2 is 2.11 bits per heavy atom. The largest absolute Gasteiger partial charge is 0.490 e. The molecule has 18 heavy (non-hydrogen) atoms. The summed E-state index contributed by atoms with van der Waals surface area (Å²) in [6.45, 7) is 6.44. The number of aromatic nitrogens is 2. The van der Waals surface area contributed by atoms with Crippen LogP contribution in [0.5, 0.6) is 5.75 Å². The van der Waals surface area contributed by atoms with Gasteiger partial charge in [-0.2, -0.15) is 0 Å². The Kier molecular flexibility index (Phi) is 2.77. The van der Waals surface area contributed by atoms with Crippen LogP contribution in [0.1, 0.15) is 50.3 Å². The number of aryl methyl sites for hydroxylation is 1. The molecule has 96 valence electrons. The monoisotopic (exact) mass is 244 g/mol. The highest BCUT2D eigenvalue weighted by Gasteiger charge is 2.21. The van der Waals surface area contributed by atoms with Gasteiger partial charge in [0.15, 0.2) is 0 Å². The minimum atomic E-state index is 0.418. The van der Waals surface area contributed by atoms with Crippen LogP contribution in [-0.2, 0) is 0 Å². The normalized spacial score (nSPS) is 16.2. The van der Waals surface area contributed by atoms with E-state index in [2.05, 4.69) is 41.7 Å². The lowest BCUT2D eigenvalue weighted by Crippen LogP contribution is -2.25. The summed E-state index contributed by atoms with van der Waals surface area (Å²) >= 11 is 0. The molecule has 3 rings (SSSR count). The van der Waals surface area contributed by atoms with Crippen molar-refractivity contribution in [2.24, 2.45) is 0 Å². The molecule has 0 N–H and O–H groups in total. The van der Waals surface area contributed by atoms with Crippen molar-refractivity contribution in [1.82, 2.24) is 9.38 Å². The lowest BCUT2D eigenvalue weighted by Gasteiger charge is -2.28. The maximum Gasteiger partial charge on any atom is 0.140 e. The fraction of sp³-hybridized carbons (Fsp3) is 0.533. The van der Waals surface area contributed by atoms with Gasteiger partial charge < -0.3 is 9.14 Å². The van der Waals surface area contributed by atoms with Crippen molar-refractivity contribution in [3.8, 4) is 5.75 Å². The van der Waals surface area contributed by atoms with Gasteiger partial charge >= 0.3 is 0 Å². The van der Waals surface area contributed by atoms with Gasteiger partial charge in [0.05, 0.1) is 11.8 Å². The Labute approximate surface area is 108 Å². The van der Waals surface area contributed by atoms with Crippen molar-refractivity contribution in [2.75, 3.05) is 0 Å². The number of hydrogen-bond acceptors (Lipinski definition) is 2. The third-order valence-electron chi connectivity index (χ3n) is 3.67. The molecule has 0 saturated heterocycles. The van der Waals surface area contributed by atoms with E-state index in [9.17, 15) is 0 Å². The third kappa shape index (κ3) is 1.98. The summed E-state index contributed by atoms with van der Waals surface area (Å²) in [7, 11) is 0. The zero-order chi connectivity index (χ0) is 12.7. The molecule has 2 aromatic rings. The van der Waals surface area contributed by atoms with Crippen molar-refractivity contribution < 1.29 is 4.74 Å². The summed E-state index contributed by atoms with van der Waals surface area (Å²) in [6, 6.07) is 2.08. The molecule has 0 aromatic carbocycles. The Bertz CT molecular complexity index is 567. The first-order valence-electron chi connectivity index (χ1n) is 6.79. The molecular formula is C15H20N2O. The maximum atomic E-state index is 6.11. The van der Waals surface area contributed by atoms with Crippen molar-refractivity contribution >= 4 is 5.65 Å². The first-order valence-corrected chi connectivity index (χ1v) is 6.79. The first-order chi connectivity index (χ1) is 8.63. The van der Waals surface area contributed by atoms with E-state index in [4.69, 9.17) is 4.74 Å². The number of rotatable bonds is 3. The second-order valence-electron chi connectivity index (χ2n) is 5.57. The molecule has 1 saturated carbocycles. The molecule has 2 heterocycles. The lowest BCUT2D eigenvalue weighted by atomic mass is 9.96. The second-order valence-corrected chi connectivity index (χ2v) is 5.57. The zero-order valence-corrected chi connectivity index (χ0v) is 11.3. The number of nitrogens with zero attached hydrogens (tertiary/aromatic N) is 2. The topological polar surface area (TPSA) is 26.5 Å². The third-order valence-corrected chi connectivity index (χ3v) is 3.67. The van der Waals surface area contributed by atoms with Crippen molar-refractivity contribution in [2.45, 2.75) is 52.1 Å². The van der Waals surface area contributed by atoms with Crippen LogP contribution < -0.4 is 4.74 Å². The van der Waals surface area contributed by atoms with Crippen LogP contribution in [0.4, 0.5) is 0 Å². The molecule has 0 bridgehead atoms. The molecule has 1 aliphatic carbocycles. The Morgan fingerprint density at radius 3 is 2.72 bits per heavy atom. The quantitative estimate of drug-likeness (QED) is 0.823. The van der Waals surface area contributed by atoms with Crippen LogP contribution in [0.25, 0.3) is 5.65 Å². The predicted octanol–water partition coefficient (Wildman–Crippen LogP) is 3.70. The SMILES string of the molecule is Cc1cn2cc(C(C)C)c(OC3CCC3)cc2n1. The fourth-order valence-corrected chi connectivity index (χ4v) is 2.36. The van der Waals surface area contributed by atoms with E-state index in [-0.39, 0.29) is 0 Å². The molecule has 0 aliphatic heterocycles. The molecule has 3 heteroatoms. The highest BCUT2D eigenvalue weighted by molar-refractivity contribution is 5.50. The zero-order valence-electron chi connectivity index (χ0n) is 11.3. The number of fused-ring (bicyclic) bond motifs is 1. The van der Waals surface area contributed by atoms with E-state index in [1.807, 2.05) is 6.92 Å². The molecule has 1 aliphatic rings. The van der Waals surface area contributed by atoms with Crippen LogP contribution in [-0.4, -0.2) is 15.5 Å². The van der Waals surface area contributed by atoms with Gasteiger partial charge in [0.1, 0.15) is 11.4 Å². The van der Waals surface area contributed by atoms with E-state index in [1.165, 1.54) is 24.8 Å². The Balaban J connectivity index is 2.04. The van der Waals surface area contributed by atoms with Gasteiger partial charge in [0, 0.05) is 24.0 Å². The van der Waals surface area contributed by atoms with E-state index in [0.717, 1.165) is 17.1 Å². The molecule has 0 atom stereocenters. The molecule has 2 aromatic heterocycles. The van der Waals surface area contributed by atoms with Crippen molar-refractivity contribution in [3.05, 3.63) is 29.7 Å². The molecule has 3 nitrogen and oxygen atoms in total. The highest BCUT2D eigenvalue weighted by Crippen LogP contribution is 2.32. The number of hydrogen-bond donors (Lipinski definition) is 0. The van der Waals surface area contributed by atoms with Crippen LogP contribution in [0.15, 0.2) is 18.5 Å². The van der Waals surface area contributed by atoms with E-state index < -0.39 is 0 Å². The molecular weight excluding hydrogens is 224 g/mol. The van der Waals surface area contributed by atoms with Gasteiger partial charge in [0.25, 0.3) is 0 Å². The van der Waals surface area contributed by atoms with E-state index in [1.54, 1.807) is 0 Å². The lowest BCUT2D eigenvalue weighted by molar-refractivity contribution is 0.118. The van der Waals surface area contributed by atoms with Gasteiger partial charge in [-0.05, 0) is 32.1 Å². The van der Waals surface area contributed by atoms with E-state index >= 15 is 0 Å². The number of pyridine rings is 1. The molecule has 0 unspecified atom stereocenters.